The Hall–Kier alpha value is 0.310. The Morgan fingerprint density at radius 2 is 2.33 bits per heavy atom. The van der Waals surface area contributed by atoms with Crippen LogP contribution in [0.3, 0.4) is 0 Å². The second kappa shape index (κ2) is 2.51. The van der Waals surface area contributed by atoms with Gasteiger partial charge in [-0.2, -0.15) is 11.8 Å². The number of alkyl halides is 1. The van der Waals surface area contributed by atoms with E-state index in [0.29, 0.717) is 5.75 Å². The van der Waals surface area contributed by atoms with Gasteiger partial charge in [-0.1, -0.05) is 0 Å². The maximum atomic E-state index is 11.0. The number of rotatable bonds is 3. The van der Waals surface area contributed by atoms with Crippen molar-refractivity contribution in [3.05, 3.63) is 0 Å². The first kappa shape index (κ1) is 7.42. The largest absolute Gasteiger partial charge is 0.297 e. The molecule has 0 atom stereocenters. The Labute approximate surface area is 64.1 Å². The SMILES string of the molecule is CSCC(=O)C1(Cl)CC1. The minimum atomic E-state index is -0.428. The van der Waals surface area contributed by atoms with E-state index < -0.39 is 4.87 Å². The van der Waals surface area contributed by atoms with Gasteiger partial charge in [0.1, 0.15) is 4.87 Å². The van der Waals surface area contributed by atoms with Crippen molar-refractivity contribution in [3.8, 4) is 0 Å². The van der Waals surface area contributed by atoms with Crippen LogP contribution in [0.5, 0.6) is 0 Å². The van der Waals surface area contributed by atoms with E-state index in [4.69, 9.17) is 11.6 Å². The van der Waals surface area contributed by atoms with Crippen LogP contribution < -0.4 is 0 Å². The molecule has 0 aromatic rings. The molecule has 0 aromatic carbocycles. The van der Waals surface area contributed by atoms with Crippen LogP contribution in [0.1, 0.15) is 12.8 Å². The summed E-state index contributed by atoms with van der Waals surface area (Å²) in [6.07, 6.45) is 3.68. The van der Waals surface area contributed by atoms with Gasteiger partial charge in [-0.25, -0.2) is 0 Å². The molecule has 0 unspecified atom stereocenters. The summed E-state index contributed by atoms with van der Waals surface area (Å²) in [7, 11) is 0. The van der Waals surface area contributed by atoms with Crippen molar-refractivity contribution in [2.45, 2.75) is 17.7 Å². The van der Waals surface area contributed by atoms with Gasteiger partial charge in [0.05, 0.1) is 5.75 Å². The molecule has 0 spiro atoms. The minimum absolute atomic E-state index is 0.205. The van der Waals surface area contributed by atoms with Gasteiger partial charge < -0.3 is 0 Å². The lowest BCUT2D eigenvalue weighted by atomic mass is 10.3. The van der Waals surface area contributed by atoms with E-state index in [1.807, 2.05) is 6.26 Å². The molecule has 9 heavy (non-hydrogen) atoms. The summed E-state index contributed by atoms with van der Waals surface area (Å²) in [4.78, 5) is 10.5. The van der Waals surface area contributed by atoms with E-state index in [0.717, 1.165) is 12.8 Å². The number of ketones is 1. The summed E-state index contributed by atoms with van der Waals surface area (Å²) >= 11 is 7.35. The van der Waals surface area contributed by atoms with Crippen LogP contribution in [0.15, 0.2) is 0 Å². The summed E-state index contributed by atoms with van der Waals surface area (Å²) in [5.74, 6) is 0.778. The minimum Gasteiger partial charge on any atom is -0.297 e. The molecule has 3 heteroatoms. The van der Waals surface area contributed by atoms with Gasteiger partial charge in [0.2, 0.25) is 0 Å². The summed E-state index contributed by atoms with van der Waals surface area (Å²) in [6.45, 7) is 0. The third-order valence-electron chi connectivity index (χ3n) is 1.46. The molecule has 0 radical (unpaired) electrons. The average Bonchev–Trinajstić information content (AvgIpc) is 2.50. The van der Waals surface area contributed by atoms with Gasteiger partial charge >= 0.3 is 0 Å². The topological polar surface area (TPSA) is 17.1 Å². The van der Waals surface area contributed by atoms with Crippen molar-refractivity contribution in [2.24, 2.45) is 0 Å². The van der Waals surface area contributed by atoms with Crippen LogP contribution in [0.4, 0.5) is 0 Å². The molecule has 1 fully saturated rings. The highest BCUT2D eigenvalue weighted by Gasteiger charge is 2.46. The molecule has 0 aromatic heterocycles. The summed E-state index contributed by atoms with van der Waals surface area (Å²) < 4.78 is 0. The zero-order chi connectivity index (χ0) is 6.91. The second-order valence-corrected chi connectivity index (χ2v) is 3.91. The predicted octanol–water partition coefficient (Wildman–Crippen LogP) is 1.69. The van der Waals surface area contributed by atoms with Gasteiger partial charge in [-0.05, 0) is 19.1 Å². The Morgan fingerprint density at radius 1 is 1.78 bits per heavy atom. The first-order chi connectivity index (χ1) is 4.19. The zero-order valence-electron chi connectivity index (χ0n) is 5.32. The molecule has 52 valence electrons. The highest BCUT2D eigenvalue weighted by Crippen LogP contribution is 2.43. The van der Waals surface area contributed by atoms with E-state index in [1.165, 1.54) is 0 Å². The van der Waals surface area contributed by atoms with E-state index in [9.17, 15) is 4.79 Å². The Kier molecular flexibility index (Phi) is 2.07. The van der Waals surface area contributed by atoms with Crippen LogP contribution in [0, 0.1) is 0 Å². The Balaban J connectivity index is 2.34. The molecule has 0 saturated heterocycles. The predicted molar refractivity (Wildman–Crippen MR) is 41.2 cm³/mol. The molecule has 0 heterocycles. The van der Waals surface area contributed by atoms with Gasteiger partial charge in [-0.3, -0.25) is 4.79 Å². The van der Waals surface area contributed by atoms with Gasteiger partial charge in [0.15, 0.2) is 5.78 Å². The number of Topliss-reactive ketones (excluding diaryl/α,β-unsaturated/α-hetero) is 1. The number of halogens is 1. The van der Waals surface area contributed by atoms with Crippen molar-refractivity contribution in [3.63, 3.8) is 0 Å². The third kappa shape index (κ3) is 1.62. The van der Waals surface area contributed by atoms with Gasteiger partial charge in [0, 0.05) is 0 Å². The van der Waals surface area contributed by atoms with Crippen LogP contribution in [-0.4, -0.2) is 22.7 Å². The molecule has 1 rings (SSSR count). The molecule has 0 amide bonds. The first-order valence-corrected chi connectivity index (χ1v) is 4.67. The summed E-state index contributed by atoms with van der Waals surface area (Å²) in [5, 5.41) is 0. The smallest absolute Gasteiger partial charge is 0.163 e. The maximum absolute atomic E-state index is 11.0. The van der Waals surface area contributed by atoms with Crippen molar-refractivity contribution in [1.82, 2.24) is 0 Å². The number of carbonyl (C=O) groups excluding carboxylic acids is 1. The van der Waals surface area contributed by atoms with Gasteiger partial charge in [0.25, 0.3) is 0 Å². The number of carbonyl (C=O) groups is 1. The fraction of sp³-hybridized carbons (Fsp3) is 0.833. The first-order valence-electron chi connectivity index (χ1n) is 2.90. The molecule has 1 aliphatic carbocycles. The standard InChI is InChI=1S/C6H9ClOS/c1-9-4-5(8)6(7)2-3-6/h2-4H2,1H3. The van der Waals surface area contributed by atoms with Gasteiger partial charge in [-0.15, -0.1) is 11.6 Å². The molecule has 1 nitrogen and oxygen atoms in total. The molecule has 0 bridgehead atoms. The third-order valence-corrected chi connectivity index (χ3v) is 2.60. The van der Waals surface area contributed by atoms with Crippen molar-refractivity contribution >= 4 is 29.1 Å². The van der Waals surface area contributed by atoms with Crippen molar-refractivity contribution in [1.29, 1.82) is 0 Å². The lowest BCUT2D eigenvalue weighted by Gasteiger charge is -2.00. The van der Waals surface area contributed by atoms with Crippen LogP contribution in [0.25, 0.3) is 0 Å². The second-order valence-electron chi connectivity index (χ2n) is 2.32. The fourth-order valence-corrected chi connectivity index (χ4v) is 1.43. The highest BCUT2D eigenvalue weighted by molar-refractivity contribution is 7.99. The number of hydrogen-bond acceptors (Lipinski definition) is 2. The van der Waals surface area contributed by atoms with Crippen molar-refractivity contribution in [2.75, 3.05) is 12.0 Å². The Bertz CT molecular complexity index is 131. The molecule has 0 N–H and O–H groups in total. The molecular weight excluding hydrogens is 156 g/mol. The van der Waals surface area contributed by atoms with E-state index in [-0.39, 0.29) is 5.78 Å². The molecular formula is C6H9ClOS. The lowest BCUT2D eigenvalue weighted by Crippen LogP contribution is -2.17. The maximum Gasteiger partial charge on any atom is 0.163 e. The van der Waals surface area contributed by atoms with Crippen molar-refractivity contribution < 1.29 is 4.79 Å². The lowest BCUT2D eigenvalue weighted by molar-refractivity contribution is -0.116. The molecule has 1 saturated carbocycles. The molecule has 0 aliphatic heterocycles. The van der Waals surface area contributed by atoms with E-state index >= 15 is 0 Å². The summed E-state index contributed by atoms with van der Waals surface area (Å²) in [5.41, 5.74) is 0. The van der Waals surface area contributed by atoms with Crippen LogP contribution in [-0.2, 0) is 4.79 Å². The monoisotopic (exact) mass is 164 g/mol. The molecule has 1 aliphatic rings. The quantitative estimate of drug-likeness (QED) is 0.591. The number of hydrogen-bond donors (Lipinski definition) is 0. The highest BCUT2D eigenvalue weighted by atomic mass is 35.5. The average molecular weight is 165 g/mol. The van der Waals surface area contributed by atoms with E-state index in [2.05, 4.69) is 0 Å². The normalized spacial score (nSPS) is 21.6. The zero-order valence-corrected chi connectivity index (χ0v) is 6.89. The van der Waals surface area contributed by atoms with E-state index in [1.54, 1.807) is 11.8 Å². The Morgan fingerprint density at radius 3 is 2.67 bits per heavy atom. The fourth-order valence-electron chi connectivity index (χ4n) is 0.649. The van der Waals surface area contributed by atoms with Crippen LogP contribution in [0.2, 0.25) is 0 Å². The van der Waals surface area contributed by atoms with Crippen LogP contribution >= 0.6 is 23.4 Å². The number of thioether (sulfide) groups is 1. The summed E-state index contributed by atoms with van der Waals surface area (Å²) in [6, 6.07) is 0.